The summed E-state index contributed by atoms with van der Waals surface area (Å²) in [7, 11) is 4.73. The number of benzene rings is 2. The van der Waals surface area contributed by atoms with E-state index in [1.165, 1.54) is 11.1 Å². The van der Waals surface area contributed by atoms with E-state index in [0.717, 1.165) is 11.1 Å². The molecule has 0 aliphatic carbocycles. The average molecular weight is 357 g/mol. The second-order valence-electron chi connectivity index (χ2n) is 6.24. The molecule has 26 heavy (non-hydrogen) atoms. The minimum absolute atomic E-state index is 0.0127. The van der Waals surface area contributed by atoms with Gasteiger partial charge in [0.25, 0.3) is 0 Å². The Bertz CT molecular complexity index is 746. The number of aryl methyl sites for hydroxylation is 3. The van der Waals surface area contributed by atoms with Gasteiger partial charge in [-0.3, -0.25) is 4.79 Å². The first-order chi connectivity index (χ1) is 12.5. The van der Waals surface area contributed by atoms with Crippen LogP contribution in [-0.4, -0.2) is 27.2 Å². The molecule has 0 atom stereocenters. The van der Waals surface area contributed by atoms with Crippen molar-refractivity contribution in [3.63, 3.8) is 0 Å². The van der Waals surface area contributed by atoms with E-state index < -0.39 is 0 Å². The molecule has 1 N–H and O–H groups in total. The van der Waals surface area contributed by atoms with Crippen LogP contribution in [0.4, 0.5) is 0 Å². The number of hydrogen-bond acceptors (Lipinski definition) is 4. The van der Waals surface area contributed by atoms with Gasteiger partial charge in [-0.25, -0.2) is 0 Å². The Morgan fingerprint density at radius 3 is 2.15 bits per heavy atom. The zero-order valence-electron chi connectivity index (χ0n) is 16.1. The van der Waals surface area contributed by atoms with Gasteiger partial charge < -0.3 is 19.5 Å². The SMILES string of the molecule is COc1cc(CCC(=O)NCc2ccc(C)cc2C)cc(OC)c1OC. The predicted octanol–water partition coefficient (Wildman–Crippen LogP) is 3.58. The van der Waals surface area contributed by atoms with E-state index in [-0.39, 0.29) is 5.91 Å². The van der Waals surface area contributed by atoms with Gasteiger partial charge in [0.15, 0.2) is 11.5 Å². The standard InChI is InChI=1S/C21H27NO4/c1-14-6-8-17(15(2)10-14)13-22-20(23)9-7-16-11-18(24-3)21(26-5)19(12-16)25-4/h6,8,10-12H,7,9,13H2,1-5H3,(H,22,23). The number of methoxy groups -OCH3 is 3. The van der Waals surface area contributed by atoms with Crippen molar-refractivity contribution in [1.82, 2.24) is 5.32 Å². The second kappa shape index (κ2) is 9.13. The fourth-order valence-electron chi connectivity index (χ4n) is 2.86. The second-order valence-corrected chi connectivity index (χ2v) is 6.24. The highest BCUT2D eigenvalue weighted by Gasteiger charge is 2.14. The molecular formula is C21H27NO4. The third kappa shape index (κ3) is 4.91. The van der Waals surface area contributed by atoms with Gasteiger partial charge >= 0.3 is 0 Å². The molecule has 0 saturated heterocycles. The first-order valence-electron chi connectivity index (χ1n) is 8.60. The van der Waals surface area contributed by atoms with Crippen molar-refractivity contribution >= 4 is 5.91 Å². The van der Waals surface area contributed by atoms with Gasteiger partial charge in [-0.05, 0) is 49.1 Å². The Labute approximate surface area is 155 Å². The Kier molecular flexibility index (Phi) is 6.89. The molecule has 2 aromatic carbocycles. The van der Waals surface area contributed by atoms with Crippen molar-refractivity contribution in [1.29, 1.82) is 0 Å². The Balaban J connectivity index is 1.96. The van der Waals surface area contributed by atoms with Crippen molar-refractivity contribution in [3.05, 3.63) is 52.6 Å². The molecule has 2 aromatic rings. The maximum absolute atomic E-state index is 12.2. The molecular weight excluding hydrogens is 330 g/mol. The fraction of sp³-hybridized carbons (Fsp3) is 0.381. The van der Waals surface area contributed by atoms with Gasteiger partial charge in [-0.2, -0.15) is 0 Å². The molecule has 0 fully saturated rings. The van der Waals surface area contributed by atoms with Crippen LogP contribution in [0.2, 0.25) is 0 Å². The largest absolute Gasteiger partial charge is 0.493 e. The number of hydrogen-bond donors (Lipinski definition) is 1. The van der Waals surface area contributed by atoms with Crippen molar-refractivity contribution in [2.45, 2.75) is 33.2 Å². The average Bonchev–Trinajstić information content (AvgIpc) is 2.64. The lowest BCUT2D eigenvalue weighted by molar-refractivity contribution is -0.121. The summed E-state index contributed by atoms with van der Waals surface area (Å²) in [6.07, 6.45) is 0.985. The number of carbonyl (C=O) groups excluding carboxylic acids is 1. The molecule has 0 bridgehead atoms. The van der Waals surface area contributed by atoms with E-state index in [1.54, 1.807) is 21.3 Å². The number of carbonyl (C=O) groups is 1. The van der Waals surface area contributed by atoms with Crippen LogP contribution >= 0.6 is 0 Å². The Hall–Kier alpha value is -2.69. The highest BCUT2D eigenvalue weighted by Crippen LogP contribution is 2.38. The highest BCUT2D eigenvalue weighted by molar-refractivity contribution is 5.76. The van der Waals surface area contributed by atoms with Crippen LogP contribution in [0.5, 0.6) is 17.2 Å². The maximum atomic E-state index is 12.2. The van der Waals surface area contributed by atoms with Crippen molar-refractivity contribution in [2.75, 3.05) is 21.3 Å². The number of rotatable bonds is 8. The third-order valence-electron chi connectivity index (χ3n) is 4.34. The monoisotopic (exact) mass is 357 g/mol. The Morgan fingerprint density at radius 2 is 1.62 bits per heavy atom. The predicted molar refractivity (Wildman–Crippen MR) is 102 cm³/mol. The first-order valence-corrected chi connectivity index (χ1v) is 8.60. The first kappa shape index (κ1) is 19.6. The van der Waals surface area contributed by atoms with Crippen LogP contribution in [0.1, 0.15) is 28.7 Å². The molecule has 140 valence electrons. The van der Waals surface area contributed by atoms with Gasteiger partial charge in [0, 0.05) is 13.0 Å². The summed E-state index contributed by atoms with van der Waals surface area (Å²) in [6, 6.07) is 9.99. The highest BCUT2D eigenvalue weighted by atomic mass is 16.5. The van der Waals surface area contributed by atoms with Gasteiger partial charge in [-0.1, -0.05) is 23.8 Å². The summed E-state index contributed by atoms with van der Waals surface area (Å²) in [6.45, 7) is 4.66. The summed E-state index contributed by atoms with van der Waals surface area (Å²) in [5.74, 6) is 1.76. The van der Waals surface area contributed by atoms with E-state index >= 15 is 0 Å². The summed E-state index contributed by atoms with van der Waals surface area (Å²) in [5, 5.41) is 2.98. The summed E-state index contributed by atoms with van der Waals surface area (Å²) < 4.78 is 16.0. The minimum Gasteiger partial charge on any atom is -0.493 e. The number of ether oxygens (including phenoxy) is 3. The van der Waals surface area contributed by atoms with Crippen LogP contribution < -0.4 is 19.5 Å². The van der Waals surface area contributed by atoms with E-state index in [9.17, 15) is 4.79 Å². The quantitative estimate of drug-likeness (QED) is 0.785. The van der Waals surface area contributed by atoms with Gasteiger partial charge in [-0.15, -0.1) is 0 Å². The fourth-order valence-corrected chi connectivity index (χ4v) is 2.86. The molecule has 0 aromatic heterocycles. The smallest absolute Gasteiger partial charge is 0.220 e. The van der Waals surface area contributed by atoms with Gasteiger partial charge in [0.2, 0.25) is 11.7 Å². The van der Waals surface area contributed by atoms with Crippen molar-refractivity contribution in [2.24, 2.45) is 0 Å². The lowest BCUT2D eigenvalue weighted by Gasteiger charge is -2.14. The van der Waals surface area contributed by atoms with Crippen molar-refractivity contribution < 1.29 is 19.0 Å². The topological polar surface area (TPSA) is 56.8 Å². The van der Waals surface area contributed by atoms with Crippen LogP contribution in [0.3, 0.4) is 0 Å². The minimum atomic E-state index is 0.0127. The molecule has 0 aliphatic rings. The van der Waals surface area contributed by atoms with E-state index in [2.05, 4.69) is 37.4 Å². The van der Waals surface area contributed by atoms with Crippen molar-refractivity contribution in [3.8, 4) is 17.2 Å². The molecule has 0 aliphatic heterocycles. The molecule has 0 saturated carbocycles. The van der Waals surface area contributed by atoms with Gasteiger partial charge in [0.05, 0.1) is 21.3 Å². The molecule has 0 spiro atoms. The molecule has 0 heterocycles. The molecule has 0 unspecified atom stereocenters. The third-order valence-corrected chi connectivity index (χ3v) is 4.34. The maximum Gasteiger partial charge on any atom is 0.220 e. The molecule has 0 radical (unpaired) electrons. The zero-order valence-corrected chi connectivity index (χ0v) is 16.1. The number of nitrogens with one attached hydrogen (secondary N) is 1. The van der Waals surface area contributed by atoms with E-state index in [1.807, 2.05) is 12.1 Å². The molecule has 1 amide bonds. The van der Waals surface area contributed by atoms with Gasteiger partial charge in [0.1, 0.15) is 0 Å². The normalized spacial score (nSPS) is 10.3. The van der Waals surface area contributed by atoms with Crippen LogP contribution in [0.15, 0.2) is 30.3 Å². The summed E-state index contributed by atoms with van der Waals surface area (Å²) in [5.41, 5.74) is 4.51. The van der Waals surface area contributed by atoms with Crippen LogP contribution in [0, 0.1) is 13.8 Å². The summed E-state index contributed by atoms with van der Waals surface area (Å²) >= 11 is 0. The van der Waals surface area contributed by atoms with Crippen LogP contribution in [-0.2, 0) is 17.8 Å². The molecule has 5 nitrogen and oxygen atoms in total. The molecule has 2 rings (SSSR count). The zero-order chi connectivity index (χ0) is 19.1. The van der Waals surface area contributed by atoms with Crippen LogP contribution in [0.25, 0.3) is 0 Å². The van der Waals surface area contributed by atoms with E-state index in [0.29, 0.717) is 36.6 Å². The summed E-state index contributed by atoms with van der Waals surface area (Å²) in [4.78, 5) is 12.2. The molecule has 5 heteroatoms. The van der Waals surface area contributed by atoms with E-state index in [4.69, 9.17) is 14.2 Å². The number of amides is 1. The Morgan fingerprint density at radius 1 is 0.962 bits per heavy atom. The lowest BCUT2D eigenvalue weighted by Crippen LogP contribution is -2.23. The lowest BCUT2D eigenvalue weighted by atomic mass is 10.1.